The summed E-state index contributed by atoms with van der Waals surface area (Å²) in [4.78, 5) is 59.2. The molecule has 5 rings (SSSR count). The number of carbonyl (C=O) groups excluding carboxylic acids is 4. The zero-order valence-electron chi connectivity index (χ0n) is 27.2. The van der Waals surface area contributed by atoms with Gasteiger partial charge in [-0.05, 0) is 68.4 Å². The standard InChI is InChI=1S/C36H42N4O6.H2S/c1-24(2)46-31(41)16-21-38-35(44)36(25-10-5-4-6-11-25)19-15-28(27-12-7-8-14-30(27)36)34(43)40-22-17-26(18-23-40)39-32(42)29-13-9-20-37-33(29)45-3;/h4-14,20,24,26,28H,15-19,21-23H2,1-3H3,(H,38,44)(H,39,42);1H2/t28-,36+;/m0./s1. The number of nitrogens with zero attached hydrogens (tertiary/aromatic N) is 2. The number of rotatable bonds is 10. The Morgan fingerprint density at radius 3 is 2.36 bits per heavy atom. The highest BCUT2D eigenvalue weighted by Crippen LogP contribution is 2.48. The first kappa shape index (κ1) is 35.5. The third-order valence-electron chi connectivity index (χ3n) is 8.89. The van der Waals surface area contributed by atoms with Crippen LogP contribution in [0.4, 0.5) is 0 Å². The van der Waals surface area contributed by atoms with E-state index >= 15 is 0 Å². The maximum absolute atomic E-state index is 14.1. The second-order valence-electron chi connectivity index (χ2n) is 12.1. The van der Waals surface area contributed by atoms with E-state index in [-0.39, 0.29) is 68.2 Å². The van der Waals surface area contributed by atoms with Crippen molar-refractivity contribution in [2.45, 2.75) is 69.4 Å². The summed E-state index contributed by atoms with van der Waals surface area (Å²) in [7, 11) is 1.48. The summed E-state index contributed by atoms with van der Waals surface area (Å²) in [5.41, 5.74) is 1.86. The van der Waals surface area contributed by atoms with Crippen molar-refractivity contribution in [2.24, 2.45) is 0 Å². The fraction of sp³-hybridized carbons (Fsp3) is 0.417. The number of benzene rings is 2. The molecule has 2 atom stereocenters. The minimum Gasteiger partial charge on any atom is -0.480 e. The summed E-state index contributed by atoms with van der Waals surface area (Å²) in [6, 6.07) is 20.7. The van der Waals surface area contributed by atoms with Crippen molar-refractivity contribution in [3.8, 4) is 5.88 Å². The van der Waals surface area contributed by atoms with Gasteiger partial charge in [0.1, 0.15) is 5.56 Å². The molecular formula is C36H44N4O6S. The van der Waals surface area contributed by atoms with Crippen LogP contribution in [0.15, 0.2) is 72.9 Å². The van der Waals surface area contributed by atoms with Crippen LogP contribution < -0.4 is 15.4 Å². The average Bonchev–Trinajstić information content (AvgIpc) is 3.07. The molecule has 1 aliphatic heterocycles. The van der Waals surface area contributed by atoms with Gasteiger partial charge < -0.3 is 25.0 Å². The summed E-state index contributed by atoms with van der Waals surface area (Å²) in [6.45, 7) is 4.77. The first-order chi connectivity index (χ1) is 22.2. The molecule has 0 saturated carbocycles. The van der Waals surface area contributed by atoms with Gasteiger partial charge in [0.15, 0.2) is 0 Å². The molecule has 2 aromatic carbocycles. The molecule has 2 heterocycles. The van der Waals surface area contributed by atoms with Crippen molar-refractivity contribution in [3.05, 3.63) is 95.2 Å². The third kappa shape index (κ3) is 7.78. The van der Waals surface area contributed by atoms with Crippen LogP contribution >= 0.6 is 13.5 Å². The fourth-order valence-electron chi connectivity index (χ4n) is 6.69. The number of likely N-dealkylation sites (tertiary alicyclic amines) is 1. The van der Waals surface area contributed by atoms with Crippen LogP contribution in [0, 0.1) is 0 Å². The normalized spacial score (nSPS) is 19.1. The number of hydrogen-bond acceptors (Lipinski definition) is 7. The van der Waals surface area contributed by atoms with E-state index in [1.54, 1.807) is 32.2 Å². The van der Waals surface area contributed by atoms with E-state index in [1.165, 1.54) is 7.11 Å². The number of fused-ring (bicyclic) bond motifs is 1. The van der Waals surface area contributed by atoms with E-state index in [1.807, 2.05) is 59.5 Å². The Balaban J connectivity index is 0.00000500. The summed E-state index contributed by atoms with van der Waals surface area (Å²) in [6.07, 6.45) is 3.61. The van der Waals surface area contributed by atoms with Crippen LogP contribution in [-0.4, -0.2) is 72.5 Å². The second-order valence-corrected chi connectivity index (χ2v) is 12.1. The zero-order chi connectivity index (χ0) is 32.7. The predicted molar refractivity (Wildman–Crippen MR) is 183 cm³/mol. The Kier molecular flexibility index (Phi) is 12.0. The Morgan fingerprint density at radius 1 is 0.957 bits per heavy atom. The van der Waals surface area contributed by atoms with Gasteiger partial charge >= 0.3 is 5.97 Å². The van der Waals surface area contributed by atoms with Crippen LogP contribution in [0.5, 0.6) is 5.88 Å². The van der Waals surface area contributed by atoms with Gasteiger partial charge in [0.2, 0.25) is 17.7 Å². The quantitative estimate of drug-likeness (QED) is 0.312. The highest BCUT2D eigenvalue weighted by atomic mass is 32.1. The van der Waals surface area contributed by atoms with Gasteiger partial charge in [-0.2, -0.15) is 13.5 Å². The molecule has 2 aliphatic rings. The minimum atomic E-state index is -1.01. The lowest BCUT2D eigenvalue weighted by Crippen LogP contribution is -2.51. The molecule has 3 amide bonds. The topological polar surface area (TPSA) is 127 Å². The maximum atomic E-state index is 14.1. The van der Waals surface area contributed by atoms with E-state index in [9.17, 15) is 19.2 Å². The number of amides is 3. The Hall–Kier alpha value is -4.38. The number of pyridine rings is 1. The number of aromatic nitrogens is 1. The first-order valence-corrected chi connectivity index (χ1v) is 16.0. The Bertz CT molecular complexity index is 1560. The van der Waals surface area contributed by atoms with Gasteiger partial charge in [0, 0.05) is 31.9 Å². The van der Waals surface area contributed by atoms with Crippen LogP contribution in [0.1, 0.15) is 78.9 Å². The lowest BCUT2D eigenvalue weighted by molar-refractivity contribution is -0.147. The molecule has 10 nitrogen and oxygen atoms in total. The molecule has 1 fully saturated rings. The summed E-state index contributed by atoms with van der Waals surface area (Å²) in [5, 5.41) is 6.07. The predicted octanol–water partition coefficient (Wildman–Crippen LogP) is 4.25. The third-order valence-corrected chi connectivity index (χ3v) is 8.89. The van der Waals surface area contributed by atoms with Crippen LogP contribution in [0.3, 0.4) is 0 Å². The lowest BCUT2D eigenvalue weighted by Gasteiger charge is -2.42. The largest absolute Gasteiger partial charge is 0.480 e. The highest BCUT2D eigenvalue weighted by Gasteiger charge is 2.48. The van der Waals surface area contributed by atoms with Crippen LogP contribution in [0.2, 0.25) is 0 Å². The van der Waals surface area contributed by atoms with E-state index in [2.05, 4.69) is 15.6 Å². The van der Waals surface area contributed by atoms with Crippen LogP contribution in [0.25, 0.3) is 0 Å². The molecule has 11 heteroatoms. The molecule has 1 aliphatic carbocycles. The van der Waals surface area contributed by atoms with E-state index < -0.39 is 11.3 Å². The average molecular weight is 661 g/mol. The number of hydrogen-bond donors (Lipinski definition) is 2. The summed E-state index contributed by atoms with van der Waals surface area (Å²) in [5.74, 6) is -0.895. The van der Waals surface area contributed by atoms with Gasteiger partial charge in [-0.3, -0.25) is 19.2 Å². The summed E-state index contributed by atoms with van der Waals surface area (Å²) < 4.78 is 10.5. The Morgan fingerprint density at radius 2 is 1.66 bits per heavy atom. The van der Waals surface area contributed by atoms with Gasteiger partial charge in [-0.15, -0.1) is 0 Å². The number of carbonyl (C=O) groups is 4. The van der Waals surface area contributed by atoms with E-state index in [0.29, 0.717) is 44.3 Å². The lowest BCUT2D eigenvalue weighted by atomic mass is 9.62. The SMILES string of the molecule is COc1ncccc1C(=O)NC1CCN(C(=O)[C@H]2CC[C@@](C(=O)NCCC(=O)OC(C)C)(c3ccccc3)c3ccccc32)CC1.S. The van der Waals surface area contributed by atoms with Crippen molar-refractivity contribution in [2.75, 3.05) is 26.7 Å². The molecule has 0 radical (unpaired) electrons. The monoisotopic (exact) mass is 660 g/mol. The van der Waals surface area contributed by atoms with Gasteiger partial charge in [-0.25, -0.2) is 4.98 Å². The molecule has 47 heavy (non-hydrogen) atoms. The van der Waals surface area contributed by atoms with Crippen LogP contribution in [-0.2, 0) is 24.5 Å². The molecule has 0 spiro atoms. The smallest absolute Gasteiger partial charge is 0.307 e. The first-order valence-electron chi connectivity index (χ1n) is 16.0. The fourth-order valence-corrected chi connectivity index (χ4v) is 6.69. The minimum absolute atomic E-state index is 0. The molecule has 0 bridgehead atoms. The molecule has 1 aromatic heterocycles. The Labute approximate surface area is 283 Å². The highest BCUT2D eigenvalue weighted by molar-refractivity contribution is 7.59. The van der Waals surface area contributed by atoms with Gasteiger partial charge in [0.05, 0.1) is 31.0 Å². The number of methoxy groups -OCH3 is 1. The molecule has 0 unspecified atom stereocenters. The van der Waals surface area contributed by atoms with Crippen molar-refractivity contribution in [1.82, 2.24) is 20.5 Å². The van der Waals surface area contributed by atoms with E-state index in [0.717, 1.165) is 16.7 Å². The van der Waals surface area contributed by atoms with Crippen molar-refractivity contribution in [1.29, 1.82) is 0 Å². The number of ether oxygens (including phenoxy) is 2. The maximum Gasteiger partial charge on any atom is 0.307 e. The molecule has 2 N–H and O–H groups in total. The number of piperidine rings is 1. The van der Waals surface area contributed by atoms with E-state index in [4.69, 9.17) is 9.47 Å². The summed E-state index contributed by atoms with van der Waals surface area (Å²) >= 11 is 0. The molecule has 3 aromatic rings. The van der Waals surface area contributed by atoms with Crippen molar-refractivity contribution >= 4 is 37.2 Å². The second kappa shape index (κ2) is 15.9. The molecule has 250 valence electrons. The number of nitrogens with one attached hydrogen (secondary N) is 2. The number of esters is 1. The molecule has 1 saturated heterocycles. The van der Waals surface area contributed by atoms with Gasteiger partial charge in [0.25, 0.3) is 5.91 Å². The van der Waals surface area contributed by atoms with Gasteiger partial charge in [-0.1, -0.05) is 54.6 Å². The van der Waals surface area contributed by atoms with Crippen molar-refractivity contribution < 1.29 is 28.7 Å². The molecular weight excluding hydrogens is 616 g/mol. The zero-order valence-corrected chi connectivity index (χ0v) is 28.2. The van der Waals surface area contributed by atoms with Crippen molar-refractivity contribution in [3.63, 3.8) is 0 Å².